The molecule has 9 rings (SSSR count). The van der Waals surface area contributed by atoms with Crippen LogP contribution in [0.3, 0.4) is 0 Å². The van der Waals surface area contributed by atoms with Crippen molar-refractivity contribution < 1.29 is 0 Å². The highest BCUT2D eigenvalue weighted by Gasteiger charge is 2.23. The van der Waals surface area contributed by atoms with Gasteiger partial charge in [0.1, 0.15) is 0 Å². The molecule has 0 amide bonds. The highest BCUT2D eigenvalue weighted by Crippen LogP contribution is 2.46. The second kappa shape index (κ2) is 11.3. The summed E-state index contributed by atoms with van der Waals surface area (Å²) < 4.78 is 0. The molecular weight excluding hydrogens is 583 g/mol. The molecule has 0 radical (unpaired) electrons. The Hall–Kier alpha value is -6.19. The first-order valence-corrected chi connectivity index (χ1v) is 16.4. The summed E-state index contributed by atoms with van der Waals surface area (Å²) in [7, 11) is 0. The minimum atomic E-state index is 0.936. The summed E-state index contributed by atoms with van der Waals surface area (Å²) in [5.41, 5.74) is 12.9. The number of hydrogen-bond acceptors (Lipinski definition) is 3. The summed E-state index contributed by atoms with van der Waals surface area (Å²) in [5, 5.41) is 7.10. The van der Waals surface area contributed by atoms with Gasteiger partial charge in [-0.05, 0) is 71.1 Å². The Labute approximate surface area is 279 Å². The van der Waals surface area contributed by atoms with Gasteiger partial charge in [-0.25, -0.2) is 9.97 Å². The minimum absolute atomic E-state index is 0.936. The van der Waals surface area contributed by atoms with Crippen LogP contribution in [0.2, 0.25) is 0 Å². The lowest BCUT2D eigenvalue weighted by Crippen LogP contribution is -2.00. The van der Waals surface area contributed by atoms with Gasteiger partial charge in [0.25, 0.3) is 0 Å². The zero-order chi connectivity index (χ0) is 32.2. The average molecular weight is 614 g/mol. The molecule has 3 nitrogen and oxygen atoms in total. The first-order valence-electron chi connectivity index (χ1n) is 16.4. The van der Waals surface area contributed by atoms with Crippen molar-refractivity contribution >= 4 is 43.4 Å². The molecule has 3 aromatic heterocycles. The zero-order valence-electron chi connectivity index (χ0n) is 26.8. The molecule has 0 fully saturated rings. The predicted octanol–water partition coefficient (Wildman–Crippen LogP) is 11.8. The third-order valence-corrected chi connectivity index (χ3v) is 9.63. The maximum absolute atomic E-state index is 5.46. The van der Waals surface area contributed by atoms with Gasteiger partial charge in [0.2, 0.25) is 0 Å². The van der Waals surface area contributed by atoms with Crippen LogP contribution >= 0.6 is 0 Å². The minimum Gasteiger partial charge on any atom is -0.256 e. The molecule has 3 heterocycles. The second-order valence-corrected chi connectivity index (χ2v) is 12.4. The van der Waals surface area contributed by atoms with Gasteiger partial charge in [-0.15, -0.1) is 0 Å². The first kappa shape index (κ1) is 28.1. The van der Waals surface area contributed by atoms with Crippen LogP contribution in [0.4, 0.5) is 0 Å². The summed E-state index contributed by atoms with van der Waals surface area (Å²) in [4.78, 5) is 15.5. The summed E-state index contributed by atoms with van der Waals surface area (Å²) >= 11 is 0. The van der Waals surface area contributed by atoms with Crippen molar-refractivity contribution in [1.82, 2.24) is 15.0 Å². The first-order chi connectivity index (χ1) is 23.7. The standard InChI is InChI=1S/C45H31N3/c1-28-40-35-23-21-33(30-14-6-3-7-15-30)26-38(35)47-44(31-16-8-4-9-17-31)42(40)29(2)41-36-24-22-34(37-20-12-13-25-46-37)27-39(36)48-45(43(28)41)32-18-10-5-11-19-32/h3-27H,1-2H3. The fraction of sp³-hybridized carbons (Fsp3) is 0.0444. The van der Waals surface area contributed by atoms with Crippen molar-refractivity contribution in [2.45, 2.75) is 13.8 Å². The molecule has 0 aliphatic heterocycles. The molecule has 0 aliphatic carbocycles. The number of aryl methyl sites for hydroxylation is 2. The van der Waals surface area contributed by atoms with Crippen LogP contribution < -0.4 is 0 Å². The van der Waals surface area contributed by atoms with Crippen molar-refractivity contribution in [1.29, 1.82) is 0 Å². The molecule has 0 unspecified atom stereocenters. The Morgan fingerprint density at radius 2 is 0.833 bits per heavy atom. The molecule has 6 aromatic carbocycles. The lowest BCUT2D eigenvalue weighted by atomic mass is 9.85. The van der Waals surface area contributed by atoms with E-state index in [2.05, 4.69) is 152 Å². The van der Waals surface area contributed by atoms with Crippen LogP contribution in [-0.2, 0) is 0 Å². The molecule has 0 saturated heterocycles. The topological polar surface area (TPSA) is 38.7 Å². The second-order valence-electron chi connectivity index (χ2n) is 12.4. The zero-order valence-corrected chi connectivity index (χ0v) is 26.8. The van der Waals surface area contributed by atoms with E-state index in [1.807, 2.05) is 18.3 Å². The number of hydrogen-bond donors (Lipinski definition) is 0. The van der Waals surface area contributed by atoms with Gasteiger partial charge in [0.15, 0.2) is 0 Å². The Morgan fingerprint density at radius 1 is 0.375 bits per heavy atom. The highest BCUT2D eigenvalue weighted by molar-refractivity contribution is 6.25. The maximum atomic E-state index is 5.46. The molecular formula is C45H31N3. The number of benzene rings is 6. The number of pyridine rings is 3. The van der Waals surface area contributed by atoms with E-state index in [1.54, 1.807) is 0 Å². The maximum Gasteiger partial charge on any atom is 0.0791 e. The molecule has 0 spiro atoms. The van der Waals surface area contributed by atoms with Crippen LogP contribution in [0.1, 0.15) is 11.1 Å². The summed E-state index contributed by atoms with van der Waals surface area (Å²) in [6.45, 7) is 4.54. The molecule has 9 aromatic rings. The predicted molar refractivity (Wildman–Crippen MR) is 201 cm³/mol. The van der Waals surface area contributed by atoms with E-state index < -0.39 is 0 Å². The molecule has 0 saturated carbocycles. The molecule has 3 heteroatoms. The largest absolute Gasteiger partial charge is 0.256 e. The molecule has 0 bridgehead atoms. The molecule has 0 atom stereocenters. The number of fused-ring (bicyclic) bond motifs is 6. The fourth-order valence-corrected chi connectivity index (χ4v) is 7.40. The summed E-state index contributed by atoms with van der Waals surface area (Å²) in [5.74, 6) is 0. The monoisotopic (exact) mass is 613 g/mol. The third kappa shape index (κ3) is 4.47. The van der Waals surface area contributed by atoms with E-state index in [1.165, 1.54) is 38.2 Å². The Kier molecular flexibility index (Phi) is 6.58. The molecule has 0 aliphatic rings. The number of rotatable bonds is 4. The average Bonchev–Trinajstić information content (AvgIpc) is 3.16. The van der Waals surface area contributed by atoms with Gasteiger partial charge in [0.05, 0.1) is 28.1 Å². The lowest BCUT2D eigenvalue weighted by molar-refractivity contribution is 1.32. The van der Waals surface area contributed by atoms with E-state index in [-0.39, 0.29) is 0 Å². The van der Waals surface area contributed by atoms with E-state index in [4.69, 9.17) is 9.97 Å². The van der Waals surface area contributed by atoms with Crippen molar-refractivity contribution in [2.75, 3.05) is 0 Å². The van der Waals surface area contributed by atoms with E-state index >= 15 is 0 Å². The molecule has 226 valence electrons. The van der Waals surface area contributed by atoms with E-state index in [0.717, 1.165) is 61.1 Å². The number of nitrogens with zero attached hydrogens (tertiary/aromatic N) is 3. The Morgan fingerprint density at radius 3 is 1.33 bits per heavy atom. The van der Waals surface area contributed by atoms with Gasteiger partial charge in [-0.2, -0.15) is 0 Å². The van der Waals surface area contributed by atoms with Crippen molar-refractivity contribution in [3.63, 3.8) is 0 Å². The summed E-state index contributed by atoms with van der Waals surface area (Å²) in [6, 6.07) is 51.1. The van der Waals surface area contributed by atoms with E-state index in [9.17, 15) is 0 Å². The molecule has 0 N–H and O–H groups in total. The fourth-order valence-electron chi connectivity index (χ4n) is 7.40. The Bertz CT molecular complexity index is 2460. The van der Waals surface area contributed by atoms with Crippen LogP contribution in [-0.4, -0.2) is 15.0 Å². The smallest absolute Gasteiger partial charge is 0.0791 e. The van der Waals surface area contributed by atoms with Crippen molar-refractivity contribution in [2.24, 2.45) is 0 Å². The number of aromatic nitrogens is 3. The summed E-state index contributed by atoms with van der Waals surface area (Å²) in [6.07, 6.45) is 1.84. The lowest BCUT2D eigenvalue weighted by Gasteiger charge is -2.21. The third-order valence-electron chi connectivity index (χ3n) is 9.63. The molecule has 48 heavy (non-hydrogen) atoms. The van der Waals surface area contributed by atoms with E-state index in [0.29, 0.717) is 0 Å². The van der Waals surface area contributed by atoms with Crippen LogP contribution in [0.5, 0.6) is 0 Å². The quantitative estimate of drug-likeness (QED) is 0.146. The van der Waals surface area contributed by atoms with Crippen molar-refractivity contribution in [3.05, 3.63) is 163 Å². The van der Waals surface area contributed by atoms with Gasteiger partial charge < -0.3 is 0 Å². The van der Waals surface area contributed by atoms with Gasteiger partial charge in [0, 0.05) is 44.4 Å². The van der Waals surface area contributed by atoms with Crippen LogP contribution in [0, 0.1) is 13.8 Å². The Balaban J connectivity index is 1.46. The van der Waals surface area contributed by atoms with Gasteiger partial charge in [-0.1, -0.05) is 121 Å². The van der Waals surface area contributed by atoms with Crippen LogP contribution in [0.25, 0.3) is 88.2 Å². The van der Waals surface area contributed by atoms with Crippen LogP contribution in [0.15, 0.2) is 152 Å². The normalized spacial score (nSPS) is 11.5. The van der Waals surface area contributed by atoms with Gasteiger partial charge in [-0.3, -0.25) is 4.98 Å². The SMILES string of the molecule is Cc1c2c(-c3ccccc3)nc3cc(-c4ccccn4)ccc3c2c(C)c2c(-c3ccccc3)nc3cc(-c4ccccc4)ccc3c12. The highest BCUT2D eigenvalue weighted by atomic mass is 14.7. The van der Waals surface area contributed by atoms with Gasteiger partial charge >= 0.3 is 0 Å². The van der Waals surface area contributed by atoms with Crippen molar-refractivity contribution in [3.8, 4) is 44.9 Å².